The highest BCUT2D eigenvalue weighted by Gasteiger charge is 2.19. The lowest BCUT2D eigenvalue weighted by Crippen LogP contribution is -2.17. The van der Waals surface area contributed by atoms with Crippen molar-refractivity contribution in [1.29, 1.82) is 0 Å². The molecule has 1 amide bonds. The van der Waals surface area contributed by atoms with E-state index >= 15 is 0 Å². The first-order valence-electron chi connectivity index (χ1n) is 3.78. The molecule has 1 N–H and O–H groups in total. The summed E-state index contributed by atoms with van der Waals surface area (Å²) in [7, 11) is 0. The van der Waals surface area contributed by atoms with Crippen LogP contribution < -0.4 is 5.09 Å². The second kappa shape index (κ2) is 4.35. The number of amides is 1. The Hall–Kier alpha value is -0.500. The van der Waals surface area contributed by atoms with Gasteiger partial charge in [0.05, 0.1) is 0 Å². The van der Waals surface area contributed by atoms with E-state index in [1.54, 1.807) is 31.2 Å². The summed E-state index contributed by atoms with van der Waals surface area (Å²) in [5.41, 5.74) is 1.18. The molecule has 0 saturated carbocycles. The summed E-state index contributed by atoms with van der Waals surface area (Å²) >= 11 is 10.4. The number of halogens is 2. The molecule has 0 atom stereocenters. The van der Waals surface area contributed by atoms with E-state index in [-0.39, 0.29) is 0 Å². The number of aryl methyl sites for hydroxylation is 1. The predicted octanol–water partition coefficient (Wildman–Crippen LogP) is 3.31. The van der Waals surface area contributed by atoms with Gasteiger partial charge in [0.15, 0.2) is 0 Å². The smallest absolute Gasteiger partial charge is 0.279 e. The monoisotopic (exact) mass is 251 g/mol. The molecule has 0 saturated heterocycles. The Morgan fingerprint density at radius 2 is 1.93 bits per heavy atom. The SMILES string of the molecule is Cc1ccccc1C(=O)NP(=O)(Cl)Cl. The van der Waals surface area contributed by atoms with E-state index in [2.05, 4.69) is 0 Å². The zero-order valence-corrected chi connectivity index (χ0v) is 9.74. The summed E-state index contributed by atoms with van der Waals surface area (Å²) in [6.07, 6.45) is 0. The van der Waals surface area contributed by atoms with Crippen LogP contribution in [0.1, 0.15) is 15.9 Å². The Labute approximate surface area is 91.4 Å². The van der Waals surface area contributed by atoms with Crippen LogP contribution in [0.25, 0.3) is 0 Å². The van der Waals surface area contributed by atoms with E-state index in [0.29, 0.717) is 5.56 Å². The highest BCUT2D eigenvalue weighted by molar-refractivity contribution is 8.07. The van der Waals surface area contributed by atoms with Crippen molar-refractivity contribution in [1.82, 2.24) is 5.09 Å². The van der Waals surface area contributed by atoms with Crippen LogP contribution in [0.15, 0.2) is 24.3 Å². The van der Waals surface area contributed by atoms with Crippen molar-refractivity contribution in [2.45, 2.75) is 6.92 Å². The van der Waals surface area contributed by atoms with Gasteiger partial charge in [-0.2, -0.15) is 0 Å². The first-order valence-corrected chi connectivity index (χ1v) is 7.29. The molecule has 0 aliphatic heterocycles. The Morgan fingerprint density at radius 1 is 1.36 bits per heavy atom. The second-order valence-electron chi connectivity index (χ2n) is 2.72. The Kier molecular flexibility index (Phi) is 3.59. The lowest BCUT2D eigenvalue weighted by molar-refractivity contribution is 0.0981. The van der Waals surface area contributed by atoms with E-state index in [9.17, 15) is 9.36 Å². The molecule has 1 aromatic rings. The topological polar surface area (TPSA) is 46.2 Å². The van der Waals surface area contributed by atoms with Crippen LogP contribution in [-0.4, -0.2) is 5.91 Å². The summed E-state index contributed by atoms with van der Waals surface area (Å²) in [6.45, 7) is 1.77. The zero-order valence-electron chi connectivity index (χ0n) is 7.33. The van der Waals surface area contributed by atoms with Gasteiger partial charge in [-0.15, -0.1) is 0 Å². The molecule has 1 aromatic carbocycles. The van der Waals surface area contributed by atoms with Crippen molar-refractivity contribution >= 4 is 34.4 Å². The van der Waals surface area contributed by atoms with Gasteiger partial charge < -0.3 is 0 Å². The number of benzene rings is 1. The molecule has 0 fully saturated rings. The van der Waals surface area contributed by atoms with E-state index in [0.717, 1.165) is 5.56 Å². The van der Waals surface area contributed by atoms with Crippen LogP contribution >= 0.6 is 28.5 Å². The van der Waals surface area contributed by atoms with Crippen molar-refractivity contribution in [3.8, 4) is 0 Å². The summed E-state index contributed by atoms with van der Waals surface area (Å²) in [5, 5.41) is 2.02. The maximum Gasteiger partial charge on any atom is 0.345 e. The average Bonchev–Trinajstić information content (AvgIpc) is 2.01. The van der Waals surface area contributed by atoms with Crippen LogP contribution in [0.3, 0.4) is 0 Å². The van der Waals surface area contributed by atoms with Crippen LogP contribution in [-0.2, 0) is 4.57 Å². The minimum Gasteiger partial charge on any atom is -0.279 e. The summed E-state index contributed by atoms with van der Waals surface area (Å²) in [5.74, 6) is -4.09. The lowest BCUT2D eigenvalue weighted by Gasteiger charge is -2.07. The number of carbonyl (C=O) groups excluding carboxylic acids is 1. The second-order valence-corrected chi connectivity index (χ2v) is 7.24. The van der Waals surface area contributed by atoms with E-state index in [4.69, 9.17) is 22.5 Å². The number of rotatable bonds is 2. The zero-order chi connectivity index (χ0) is 10.8. The predicted molar refractivity (Wildman–Crippen MR) is 58.0 cm³/mol. The van der Waals surface area contributed by atoms with Gasteiger partial charge in [-0.05, 0) is 41.0 Å². The largest absolute Gasteiger partial charge is 0.345 e. The molecule has 0 unspecified atom stereocenters. The molecule has 76 valence electrons. The fourth-order valence-corrected chi connectivity index (χ4v) is 1.82. The van der Waals surface area contributed by atoms with E-state index in [1.165, 1.54) is 0 Å². The standard InChI is InChI=1S/C8H8Cl2NO2P/c1-6-4-2-3-5-7(6)8(12)11-14(9,10)13/h2-5H,1H3,(H,11,12,13). The van der Waals surface area contributed by atoms with Gasteiger partial charge in [0.25, 0.3) is 5.91 Å². The quantitative estimate of drug-likeness (QED) is 0.820. The molecule has 0 heterocycles. The normalized spacial score (nSPS) is 11.1. The van der Waals surface area contributed by atoms with Gasteiger partial charge >= 0.3 is 6.00 Å². The molecule has 0 aromatic heterocycles. The molecule has 3 nitrogen and oxygen atoms in total. The fourth-order valence-electron chi connectivity index (χ4n) is 1.01. The summed E-state index contributed by atoms with van der Waals surface area (Å²) in [4.78, 5) is 11.4. The Bertz CT molecular complexity index is 402. The minimum atomic E-state index is -3.56. The third kappa shape index (κ3) is 3.33. The molecule has 0 aliphatic rings. The third-order valence-corrected chi connectivity index (χ3v) is 2.59. The van der Waals surface area contributed by atoms with Crippen LogP contribution in [0.2, 0.25) is 0 Å². The van der Waals surface area contributed by atoms with Gasteiger partial charge in [0.1, 0.15) is 0 Å². The van der Waals surface area contributed by atoms with Crippen LogP contribution in [0, 0.1) is 6.92 Å². The molecule has 1 rings (SSSR count). The number of carbonyl (C=O) groups is 1. The first kappa shape index (κ1) is 11.6. The van der Waals surface area contributed by atoms with Crippen molar-refractivity contribution in [2.24, 2.45) is 0 Å². The summed E-state index contributed by atoms with van der Waals surface area (Å²) < 4.78 is 10.9. The van der Waals surface area contributed by atoms with Crippen LogP contribution in [0.5, 0.6) is 0 Å². The number of hydrogen-bond donors (Lipinski definition) is 1. The molecule has 0 spiro atoms. The minimum absolute atomic E-state index is 0.411. The Balaban J connectivity index is 2.91. The highest BCUT2D eigenvalue weighted by atomic mass is 35.9. The number of hydrogen-bond acceptors (Lipinski definition) is 2. The first-order chi connectivity index (χ1) is 6.40. The maximum atomic E-state index is 11.4. The van der Waals surface area contributed by atoms with E-state index < -0.39 is 11.9 Å². The summed E-state index contributed by atoms with van der Waals surface area (Å²) in [6, 6.07) is 6.87. The number of nitrogens with one attached hydrogen (secondary N) is 1. The average molecular weight is 252 g/mol. The maximum absolute atomic E-state index is 11.4. The highest BCUT2D eigenvalue weighted by Crippen LogP contribution is 2.52. The van der Waals surface area contributed by atoms with Crippen molar-refractivity contribution in [2.75, 3.05) is 0 Å². The molecule has 14 heavy (non-hydrogen) atoms. The van der Waals surface area contributed by atoms with E-state index in [1.807, 2.05) is 5.09 Å². The molecule has 6 heteroatoms. The molecule has 0 bridgehead atoms. The van der Waals surface area contributed by atoms with Crippen molar-refractivity contribution in [3.05, 3.63) is 35.4 Å². The molecular formula is C8H8Cl2NO2P. The van der Waals surface area contributed by atoms with Gasteiger partial charge in [-0.3, -0.25) is 14.4 Å². The molecule has 0 radical (unpaired) electrons. The lowest BCUT2D eigenvalue weighted by atomic mass is 10.1. The van der Waals surface area contributed by atoms with Crippen LogP contribution in [0.4, 0.5) is 0 Å². The van der Waals surface area contributed by atoms with Gasteiger partial charge in [0, 0.05) is 5.56 Å². The van der Waals surface area contributed by atoms with Crippen molar-refractivity contribution < 1.29 is 9.36 Å². The molecule has 0 aliphatic carbocycles. The third-order valence-electron chi connectivity index (χ3n) is 1.62. The Morgan fingerprint density at radius 3 is 2.43 bits per heavy atom. The van der Waals surface area contributed by atoms with Gasteiger partial charge in [0.2, 0.25) is 0 Å². The van der Waals surface area contributed by atoms with Gasteiger partial charge in [-0.1, -0.05) is 18.2 Å². The van der Waals surface area contributed by atoms with Gasteiger partial charge in [-0.25, -0.2) is 0 Å². The fraction of sp³-hybridized carbons (Fsp3) is 0.125. The van der Waals surface area contributed by atoms with Crippen molar-refractivity contribution in [3.63, 3.8) is 0 Å². The molecular weight excluding hydrogens is 244 g/mol.